The molecule has 8 rings (SSSR count). The van der Waals surface area contributed by atoms with E-state index < -0.39 is 17.8 Å². The molecule has 8 unspecified atom stereocenters. The van der Waals surface area contributed by atoms with E-state index in [1.54, 1.807) is 5.57 Å². The van der Waals surface area contributed by atoms with Gasteiger partial charge in [0.1, 0.15) is 6.10 Å². The molecule has 10 heteroatoms. The van der Waals surface area contributed by atoms with E-state index in [1.165, 1.54) is 18.8 Å². The molecular weight excluding hydrogens is 1100 g/mol. The molecule has 0 spiro atoms. The van der Waals surface area contributed by atoms with Gasteiger partial charge in [-0.15, -0.1) is 0 Å². The minimum Gasteiger partial charge on any atom is -0.544 e. The Labute approximate surface area is 449 Å². The van der Waals surface area contributed by atoms with Crippen LogP contribution in [-0.2, 0) is 106 Å². The minimum atomic E-state index is -0.596. The number of rotatable bonds is 8. The second kappa shape index (κ2) is 21.9. The van der Waals surface area contributed by atoms with E-state index in [4.69, 9.17) is 28.4 Å². The van der Waals surface area contributed by atoms with Crippen molar-refractivity contribution in [3.63, 3.8) is 0 Å². The van der Waals surface area contributed by atoms with E-state index in [9.17, 15) is 4.79 Å². The zero-order chi connectivity index (χ0) is 44.2. The Morgan fingerprint density at radius 1 is 0.800 bits per heavy atom. The molecule has 0 aromatic heterocycles. The van der Waals surface area contributed by atoms with Gasteiger partial charge in [0.05, 0.1) is 24.9 Å². The summed E-state index contributed by atoms with van der Waals surface area (Å²) in [4.78, 5) is 12.8. The SMILES string of the molecule is CCC1O[C@@H](O[C@H]2C(O[C@@H]3OC[C@@H](C)C(C)[C@@H]3C)[C@H](C)C(C)O[C@H]2O[C@H]2CCC3(C)C4CC=C5C6CC(C)(C)CC[C@]6([C-]=O)[CH-]C[C@@]5(C)[C@@]4(C)CC[C@H]3[C-]2C)[C@@H](C)C(C)[C@H]1C.[CH3-].[V].[W].[Y]. The van der Waals surface area contributed by atoms with Crippen LogP contribution in [0.5, 0.6) is 0 Å². The van der Waals surface area contributed by atoms with Crippen molar-refractivity contribution in [3.05, 3.63) is 31.4 Å². The average Bonchev–Trinajstić information content (AvgIpc) is 3.22. The van der Waals surface area contributed by atoms with Crippen molar-refractivity contribution < 1.29 is 106 Å². The maximum Gasteiger partial charge on any atom is 0.184 e. The molecule has 3 saturated heterocycles. The van der Waals surface area contributed by atoms with Gasteiger partial charge in [-0.2, -0.15) is 19.3 Å². The van der Waals surface area contributed by atoms with Crippen molar-refractivity contribution in [2.75, 3.05) is 6.61 Å². The maximum absolute atomic E-state index is 12.8. The number of carbonyl (C=O) groups excluding carboxylic acids is 1. The molecule has 7 fully saturated rings. The fourth-order valence-electron chi connectivity index (χ4n) is 15.3. The first-order valence-corrected chi connectivity index (χ1v) is 25.3. The van der Waals surface area contributed by atoms with Gasteiger partial charge in [-0.1, -0.05) is 145 Å². The van der Waals surface area contributed by atoms with Gasteiger partial charge >= 0.3 is 0 Å². The van der Waals surface area contributed by atoms with Gasteiger partial charge in [-0.3, -0.25) is 17.6 Å². The molecular formula is C55H90O7VWY-4. The van der Waals surface area contributed by atoms with Gasteiger partial charge in [-0.05, 0) is 84.9 Å². The van der Waals surface area contributed by atoms with Gasteiger partial charge in [-0.25, -0.2) is 0 Å². The zero-order valence-corrected chi connectivity index (χ0v) is 50.8. The summed E-state index contributed by atoms with van der Waals surface area (Å²) in [6.07, 6.45) is 16.4. The number of hydrogen-bond acceptors (Lipinski definition) is 7. The van der Waals surface area contributed by atoms with Crippen LogP contribution in [0.15, 0.2) is 11.6 Å². The Kier molecular flexibility index (Phi) is 20.0. The van der Waals surface area contributed by atoms with Crippen LogP contribution in [0.1, 0.15) is 168 Å². The molecule has 5 aliphatic carbocycles. The summed E-state index contributed by atoms with van der Waals surface area (Å²) in [6, 6.07) is 0. The molecule has 3 heterocycles. The predicted molar refractivity (Wildman–Crippen MR) is 248 cm³/mol. The molecule has 0 bridgehead atoms. The Morgan fingerprint density at radius 3 is 2.12 bits per heavy atom. The van der Waals surface area contributed by atoms with Gasteiger partial charge in [0.25, 0.3) is 0 Å². The van der Waals surface area contributed by atoms with Gasteiger partial charge in [0, 0.05) is 90.1 Å². The van der Waals surface area contributed by atoms with Crippen molar-refractivity contribution in [2.24, 2.45) is 86.3 Å². The molecule has 4 saturated carbocycles. The zero-order valence-electron chi connectivity index (χ0n) is 43.6. The molecule has 2 radical (unpaired) electrons. The predicted octanol–water partition coefficient (Wildman–Crippen LogP) is 12.6. The molecule has 0 aromatic carbocycles. The van der Waals surface area contributed by atoms with Crippen molar-refractivity contribution in [1.82, 2.24) is 0 Å². The molecule has 0 N–H and O–H groups in total. The van der Waals surface area contributed by atoms with Crippen LogP contribution in [0.3, 0.4) is 0 Å². The standard InChI is InChI=1S/C54H87O7.CH3.V.W.Y/c1-16-42-33(5)32(4)35(7)48(58-42)61-46-45(60-47-34(6)31(3)30(2)28-56-47)36(8)38(10)57-49(46)59-43-20-21-51(13)39(37(43)9)19-22-53(15)44(51)18-17-40-41-27-50(11,12)23-25-54(41,29-55)26-24-52(40,53)14;;;;/h17,26,30-36,38-39,41-49H,16,18-25,27-28H2,1-15H3;1H3;;;/q-3;-1;;;/t30-,31?,32?,33-,34+,35+,36-,38?,39+,41?,42?,43+,44?,45?,46+,47+,48+,49+,51?,52-,53+,54-;;;;/m1..../s1. The summed E-state index contributed by atoms with van der Waals surface area (Å²) in [7, 11) is 0. The Morgan fingerprint density at radius 2 is 1.46 bits per heavy atom. The van der Waals surface area contributed by atoms with Crippen molar-refractivity contribution >= 4 is 6.29 Å². The van der Waals surface area contributed by atoms with Crippen LogP contribution in [0, 0.1) is 106 Å². The molecule has 0 amide bonds. The van der Waals surface area contributed by atoms with Gasteiger partial charge in [0.2, 0.25) is 0 Å². The average molecular weight is 1190 g/mol. The first kappa shape index (κ1) is 59.1. The molecule has 8 aliphatic rings. The third-order valence-electron chi connectivity index (χ3n) is 21.0. The summed E-state index contributed by atoms with van der Waals surface area (Å²) >= 11 is 0. The van der Waals surface area contributed by atoms with E-state index in [2.05, 4.69) is 123 Å². The summed E-state index contributed by atoms with van der Waals surface area (Å²) < 4.78 is 42.1. The number of allylic oxidation sites excluding steroid dienone is 2. The maximum atomic E-state index is 12.8. The third-order valence-corrected chi connectivity index (χ3v) is 21.0. The van der Waals surface area contributed by atoms with E-state index in [-0.39, 0.29) is 162 Å². The molecule has 22 atom stereocenters. The first-order valence-electron chi connectivity index (χ1n) is 25.3. The summed E-state index contributed by atoms with van der Waals surface area (Å²) in [5, 5.41) is 0. The Hall–Kier alpha value is 1.55. The van der Waals surface area contributed by atoms with Crippen LogP contribution in [-0.4, -0.2) is 62.3 Å². The van der Waals surface area contributed by atoms with Crippen molar-refractivity contribution in [2.45, 2.75) is 217 Å². The van der Waals surface area contributed by atoms with Crippen LogP contribution in [0.25, 0.3) is 0 Å². The van der Waals surface area contributed by atoms with E-state index in [0.29, 0.717) is 42.1 Å². The van der Waals surface area contributed by atoms with Crippen molar-refractivity contribution in [3.8, 4) is 0 Å². The fraction of sp³-hybridized carbons (Fsp3) is 0.891. The quantitative estimate of drug-likeness (QED) is 0.136. The summed E-state index contributed by atoms with van der Waals surface area (Å²) in [6.45, 7) is 36.3. The smallest absolute Gasteiger partial charge is 0.184 e. The molecule has 7 nitrogen and oxygen atoms in total. The Balaban J connectivity index is 0.00000231. The number of ether oxygens (including phenoxy) is 6. The topological polar surface area (TPSA) is 72.5 Å². The second-order valence-corrected chi connectivity index (χ2v) is 24.4. The Bertz CT molecular complexity index is 1630. The van der Waals surface area contributed by atoms with Crippen LogP contribution < -0.4 is 0 Å². The first-order chi connectivity index (χ1) is 28.6. The summed E-state index contributed by atoms with van der Waals surface area (Å²) in [5.74, 6) is 5.21. The van der Waals surface area contributed by atoms with Crippen LogP contribution in [0.4, 0.5) is 0 Å². The van der Waals surface area contributed by atoms with Gasteiger partial charge < -0.3 is 47.1 Å². The number of hydrogen-bond donors (Lipinski definition) is 0. The fourth-order valence-corrected chi connectivity index (χ4v) is 15.3. The van der Waals surface area contributed by atoms with Gasteiger partial charge in [0.15, 0.2) is 18.9 Å². The van der Waals surface area contributed by atoms with E-state index >= 15 is 0 Å². The summed E-state index contributed by atoms with van der Waals surface area (Å²) in [5.41, 5.74) is 1.78. The largest absolute Gasteiger partial charge is 0.544 e. The normalized spacial score (nSPS) is 51.6. The molecule has 3 aliphatic heterocycles. The monoisotopic (exact) mass is 1190 g/mol. The minimum absolute atomic E-state index is 0. The molecule has 65 heavy (non-hydrogen) atoms. The second-order valence-electron chi connectivity index (χ2n) is 24.4. The molecule has 0 aromatic rings. The van der Waals surface area contributed by atoms with Crippen molar-refractivity contribution in [1.29, 1.82) is 0 Å². The van der Waals surface area contributed by atoms with Crippen LogP contribution in [0.2, 0.25) is 0 Å². The van der Waals surface area contributed by atoms with Crippen LogP contribution >= 0.6 is 0 Å². The number of fused-ring (bicyclic) bond motifs is 7. The third kappa shape index (κ3) is 10.0. The van der Waals surface area contributed by atoms with E-state index in [1.807, 2.05) is 0 Å². The van der Waals surface area contributed by atoms with E-state index in [0.717, 1.165) is 51.4 Å². The molecule has 370 valence electrons.